The van der Waals surface area contributed by atoms with E-state index in [-0.39, 0.29) is 0 Å². The van der Waals surface area contributed by atoms with Crippen LogP contribution in [0.2, 0.25) is 5.02 Å². The van der Waals surface area contributed by atoms with Crippen molar-refractivity contribution in [2.45, 2.75) is 39.0 Å². The van der Waals surface area contributed by atoms with Crippen LogP contribution in [0.3, 0.4) is 0 Å². The standard InChI is InChI=1S/C13H18BrClN2/c1-13(5-3-2-4-6-13)9-17-12-11(15)7-10(14)8-16-12/h7-8H,2-6,9H2,1H3,(H,16,17). The normalized spacial score (nSPS) is 19.0. The van der Waals surface area contributed by atoms with Gasteiger partial charge < -0.3 is 5.32 Å². The summed E-state index contributed by atoms with van der Waals surface area (Å²) in [5.74, 6) is 0.793. The molecule has 1 aromatic rings. The molecule has 1 saturated carbocycles. The summed E-state index contributed by atoms with van der Waals surface area (Å²) in [4.78, 5) is 4.30. The second kappa shape index (κ2) is 5.57. The van der Waals surface area contributed by atoms with Gasteiger partial charge in [-0.1, -0.05) is 37.8 Å². The molecule has 1 aliphatic carbocycles. The van der Waals surface area contributed by atoms with Gasteiger partial charge in [-0.2, -0.15) is 0 Å². The van der Waals surface area contributed by atoms with Crippen molar-refractivity contribution in [2.75, 3.05) is 11.9 Å². The van der Waals surface area contributed by atoms with Gasteiger partial charge >= 0.3 is 0 Å². The van der Waals surface area contributed by atoms with Crippen LogP contribution in [0.25, 0.3) is 0 Å². The molecule has 0 unspecified atom stereocenters. The maximum Gasteiger partial charge on any atom is 0.144 e. The SMILES string of the molecule is CC1(CNc2ncc(Br)cc2Cl)CCCCC1. The number of rotatable bonds is 3. The highest BCUT2D eigenvalue weighted by Gasteiger charge is 2.26. The molecule has 0 radical (unpaired) electrons. The lowest BCUT2D eigenvalue weighted by Crippen LogP contribution is -2.29. The number of nitrogens with zero attached hydrogens (tertiary/aromatic N) is 1. The molecule has 0 amide bonds. The lowest BCUT2D eigenvalue weighted by atomic mass is 9.76. The van der Waals surface area contributed by atoms with Crippen LogP contribution in [0.15, 0.2) is 16.7 Å². The van der Waals surface area contributed by atoms with Crippen molar-refractivity contribution >= 4 is 33.3 Å². The Hall–Kier alpha value is -0.280. The van der Waals surface area contributed by atoms with Gasteiger partial charge in [-0.15, -0.1) is 0 Å². The largest absolute Gasteiger partial charge is 0.368 e. The summed E-state index contributed by atoms with van der Waals surface area (Å²) in [5.41, 5.74) is 0.399. The molecule has 1 aliphatic rings. The zero-order valence-corrected chi connectivity index (χ0v) is 12.4. The maximum atomic E-state index is 6.14. The Bertz CT molecular complexity index is 389. The molecule has 2 nitrogen and oxygen atoms in total. The monoisotopic (exact) mass is 316 g/mol. The van der Waals surface area contributed by atoms with Crippen molar-refractivity contribution in [3.05, 3.63) is 21.8 Å². The molecule has 2 rings (SSSR count). The Morgan fingerprint density at radius 2 is 2.12 bits per heavy atom. The Morgan fingerprint density at radius 1 is 1.41 bits per heavy atom. The van der Waals surface area contributed by atoms with Gasteiger partial charge in [0, 0.05) is 17.2 Å². The zero-order chi connectivity index (χ0) is 12.3. The average molecular weight is 318 g/mol. The van der Waals surface area contributed by atoms with E-state index in [0.717, 1.165) is 16.8 Å². The van der Waals surface area contributed by atoms with E-state index in [0.29, 0.717) is 10.4 Å². The second-order valence-electron chi connectivity index (χ2n) is 5.21. The third kappa shape index (κ3) is 3.59. The number of halogens is 2. The lowest BCUT2D eigenvalue weighted by molar-refractivity contribution is 0.233. The smallest absolute Gasteiger partial charge is 0.144 e. The summed E-state index contributed by atoms with van der Waals surface area (Å²) in [6.45, 7) is 3.31. The van der Waals surface area contributed by atoms with Crippen molar-refractivity contribution in [1.82, 2.24) is 4.98 Å². The Labute approximate surface area is 116 Å². The molecule has 0 atom stereocenters. The Kier molecular flexibility index (Phi) is 4.31. The van der Waals surface area contributed by atoms with Crippen LogP contribution in [0.5, 0.6) is 0 Å². The Morgan fingerprint density at radius 3 is 2.76 bits per heavy atom. The van der Waals surface area contributed by atoms with Crippen LogP contribution < -0.4 is 5.32 Å². The molecule has 0 aliphatic heterocycles. The van der Waals surface area contributed by atoms with E-state index in [1.54, 1.807) is 6.20 Å². The topological polar surface area (TPSA) is 24.9 Å². The van der Waals surface area contributed by atoms with E-state index >= 15 is 0 Å². The minimum Gasteiger partial charge on any atom is -0.368 e. The fourth-order valence-electron chi connectivity index (χ4n) is 2.42. The van der Waals surface area contributed by atoms with Gasteiger partial charge in [0.1, 0.15) is 5.82 Å². The van der Waals surface area contributed by atoms with E-state index in [1.807, 2.05) is 6.07 Å². The average Bonchev–Trinajstić information content (AvgIpc) is 2.29. The number of nitrogens with one attached hydrogen (secondary N) is 1. The van der Waals surface area contributed by atoms with E-state index in [1.165, 1.54) is 32.1 Å². The van der Waals surface area contributed by atoms with Gasteiger partial charge in [-0.3, -0.25) is 0 Å². The number of pyridine rings is 1. The van der Waals surface area contributed by atoms with Crippen molar-refractivity contribution in [3.63, 3.8) is 0 Å². The summed E-state index contributed by atoms with van der Waals surface area (Å²) in [6, 6.07) is 1.88. The van der Waals surface area contributed by atoms with Crippen LogP contribution in [0, 0.1) is 5.41 Å². The molecule has 1 heterocycles. The van der Waals surface area contributed by atoms with Crippen LogP contribution in [0.1, 0.15) is 39.0 Å². The van der Waals surface area contributed by atoms with Crippen molar-refractivity contribution < 1.29 is 0 Å². The number of aromatic nitrogens is 1. The van der Waals surface area contributed by atoms with Crippen molar-refractivity contribution in [2.24, 2.45) is 5.41 Å². The van der Waals surface area contributed by atoms with Gasteiger partial charge in [0.05, 0.1) is 5.02 Å². The lowest BCUT2D eigenvalue weighted by Gasteiger charge is -2.33. The molecule has 1 aromatic heterocycles. The first-order valence-corrected chi connectivity index (χ1v) is 7.31. The molecule has 0 saturated heterocycles. The van der Waals surface area contributed by atoms with Crippen LogP contribution in [0.4, 0.5) is 5.82 Å². The minimum atomic E-state index is 0.399. The zero-order valence-electron chi connectivity index (χ0n) is 10.1. The predicted molar refractivity (Wildman–Crippen MR) is 76.6 cm³/mol. The number of hydrogen-bond donors (Lipinski definition) is 1. The highest BCUT2D eigenvalue weighted by molar-refractivity contribution is 9.10. The van der Waals surface area contributed by atoms with Crippen LogP contribution >= 0.6 is 27.5 Å². The highest BCUT2D eigenvalue weighted by Crippen LogP contribution is 2.36. The third-order valence-electron chi connectivity index (χ3n) is 3.55. The minimum absolute atomic E-state index is 0.399. The number of hydrogen-bond acceptors (Lipinski definition) is 2. The fourth-order valence-corrected chi connectivity index (χ4v) is 3.12. The molecule has 0 spiro atoms. The fraction of sp³-hybridized carbons (Fsp3) is 0.615. The molecular weight excluding hydrogens is 300 g/mol. The molecule has 4 heteroatoms. The summed E-state index contributed by atoms with van der Waals surface area (Å²) < 4.78 is 0.914. The van der Waals surface area contributed by atoms with E-state index in [9.17, 15) is 0 Å². The molecule has 1 N–H and O–H groups in total. The first-order chi connectivity index (χ1) is 8.09. The van der Waals surface area contributed by atoms with Gasteiger partial charge in [0.2, 0.25) is 0 Å². The van der Waals surface area contributed by atoms with Crippen molar-refractivity contribution in [1.29, 1.82) is 0 Å². The molecular formula is C13H18BrClN2. The molecule has 0 aromatic carbocycles. The Balaban J connectivity index is 1.97. The van der Waals surface area contributed by atoms with E-state index in [4.69, 9.17) is 11.6 Å². The molecule has 94 valence electrons. The highest BCUT2D eigenvalue weighted by atomic mass is 79.9. The maximum absolute atomic E-state index is 6.14. The van der Waals surface area contributed by atoms with Crippen molar-refractivity contribution in [3.8, 4) is 0 Å². The number of anilines is 1. The summed E-state index contributed by atoms with van der Waals surface area (Å²) in [7, 11) is 0. The van der Waals surface area contributed by atoms with Gasteiger partial charge in [-0.05, 0) is 40.3 Å². The first kappa shape index (κ1) is 13.2. The molecule has 0 bridgehead atoms. The molecule has 1 fully saturated rings. The van der Waals surface area contributed by atoms with E-state index < -0.39 is 0 Å². The summed E-state index contributed by atoms with van der Waals surface area (Å²) >= 11 is 9.50. The van der Waals surface area contributed by atoms with Gasteiger partial charge in [-0.25, -0.2) is 4.98 Å². The quantitative estimate of drug-likeness (QED) is 0.859. The molecule has 17 heavy (non-hydrogen) atoms. The van der Waals surface area contributed by atoms with Gasteiger partial charge in [0.15, 0.2) is 0 Å². The van der Waals surface area contributed by atoms with Crippen LogP contribution in [-0.4, -0.2) is 11.5 Å². The second-order valence-corrected chi connectivity index (χ2v) is 6.53. The van der Waals surface area contributed by atoms with E-state index in [2.05, 4.69) is 33.2 Å². The van der Waals surface area contributed by atoms with Crippen LogP contribution in [-0.2, 0) is 0 Å². The first-order valence-electron chi connectivity index (χ1n) is 6.14. The van der Waals surface area contributed by atoms with Gasteiger partial charge in [0.25, 0.3) is 0 Å². The third-order valence-corrected chi connectivity index (χ3v) is 4.27. The summed E-state index contributed by atoms with van der Waals surface area (Å²) in [5, 5.41) is 4.07. The summed E-state index contributed by atoms with van der Waals surface area (Å²) in [6.07, 6.45) is 8.45. The predicted octanol–water partition coefficient (Wildman–Crippen LogP) is 4.88.